The normalized spacial score (nSPS) is 22.1. The summed E-state index contributed by atoms with van der Waals surface area (Å²) in [4.78, 5) is 10.5. The maximum atomic E-state index is 10.5. The standard InChI is InChI=1S/C8H13NO.C2H6/c1-7(10)4-5-8-3-2-6-9-8;1-2/h4-5,8-9H,2-3,6H2,1H3;1-2H3/b5-4+;/t8-;/m1./s1. The molecular formula is C10H19NO. The van der Waals surface area contributed by atoms with Gasteiger partial charge in [-0.1, -0.05) is 19.9 Å². The first kappa shape index (κ1) is 11.4. The number of carbonyl (C=O) groups excluding carboxylic acids is 1. The van der Waals surface area contributed by atoms with Crippen LogP contribution in [0.2, 0.25) is 0 Å². The second-order valence-electron chi connectivity index (χ2n) is 2.67. The number of ketones is 1. The van der Waals surface area contributed by atoms with E-state index >= 15 is 0 Å². The van der Waals surface area contributed by atoms with E-state index in [4.69, 9.17) is 0 Å². The van der Waals surface area contributed by atoms with E-state index < -0.39 is 0 Å². The van der Waals surface area contributed by atoms with E-state index in [2.05, 4.69) is 5.32 Å². The van der Waals surface area contributed by atoms with Gasteiger partial charge in [0.05, 0.1) is 0 Å². The number of hydrogen-bond donors (Lipinski definition) is 1. The molecule has 0 bridgehead atoms. The molecular weight excluding hydrogens is 150 g/mol. The summed E-state index contributed by atoms with van der Waals surface area (Å²) >= 11 is 0. The van der Waals surface area contributed by atoms with Gasteiger partial charge in [0.15, 0.2) is 5.78 Å². The molecule has 0 aromatic carbocycles. The summed E-state index contributed by atoms with van der Waals surface area (Å²) in [6, 6.07) is 0.448. The number of rotatable bonds is 2. The summed E-state index contributed by atoms with van der Waals surface area (Å²) in [5, 5.41) is 3.27. The van der Waals surface area contributed by atoms with Crippen molar-refractivity contribution in [2.75, 3.05) is 6.54 Å². The summed E-state index contributed by atoms with van der Waals surface area (Å²) < 4.78 is 0. The molecule has 2 nitrogen and oxygen atoms in total. The first-order valence-electron chi connectivity index (χ1n) is 4.71. The lowest BCUT2D eigenvalue weighted by Crippen LogP contribution is -2.18. The predicted octanol–water partition coefficient (Wildman–Crippen LogP) is 1.91. The van der Waals surface area contributed by atoms with E-state index in [0.29, 0.717) is 6.04 Å². The van der Waals surface area contributed by atoms with Crippen LogP contribution < -0.4 is 5.32 Å². The lowest BCUT2D eigenvalue weighted by molar-refractivity contribution is -0.112. The van der Waals surface area contributed by atoms with Crippen LogP contribution in [0.5, 0.6) is 0 Å². The Morgan fingerprint density at radius 3 is 2.58 bits per heavy atom. The van der Waals surface area contributed by atoms with Crippen LogP contribution in [-0.4, -0.2) is 18.4 Å². The molecule has 12 heavy (non-hydrogen) atoms. The van der Waals surface area contributed by atoms with Crippen LogP contribution >= 0.6 is 0 Å². The van der Waals surface area contributed by atoms with Gasteiger partial charge < -0.3 is 5.32 Å². The number of nitrogens with one attached hydrogen (secondary N) is 1. The predicted molar refractivity (Wildman–Crippen MR) is 52.2 cm³/mol. The van der Waals surface area contributed by atoms with Crippen LogP contribution in [0.25, 0.3) is 0 Å². The third-order valence-electron chi connectivity index (χ3n) is 1.66. The van der Waals surface area contributed by atoms with E-state index in [1.165, 1.54) is 12.8 Å². The zero-order valence-corrected chi connectivity index (χ0v) is 8.26. The van der Waals surface area contributed by atoms with E-state index in [-0.39, 0.29) is 5.78 Å². The summed E-state index contributed by atoms with van der Waals surface area (Å²) in [5.74, 6) is 0.133. The second kappa shape index (κ2) is 7.04. The fourth-order valence-corrected chi connectivity index (χ4v) is 1.13. The average molecular weight is 169 g/mol. The van der Waals surface area contributed by atoms with Gasteiger partial charge in [0.2, 0.25) is 0 Å². The Bertz CT molecular complexity index is 146. The quantitative estimate of drug-likeness (QED) is 0.640. The Balaban J connectivity index is 0.000000561. The van der Waals surface area contributed by atoms with Gasteiger partial charge in [-0.25, -0.2) is 0 Å². The Kier molecular flexibility index (Phi) is 6.67. The van der Waals surface area contributed by atoms with Crippen LogP contribution in [-0.2, 0) is 4.79 Å². The molecule has 1 atom stereocenters. The summed E-state index contributed by atoms with van der Waals surface area (Å²) in [6.07, 6.45) is 6.00. The van der Waals surface area contributed by atoms with Crippen molar-refractivity contribution in [3.8, 4) is 0 Å². The topological polar surface area (TPSA) is 29.1 Å². The molecule has 1 N–H and O–H groups in total. The number of allylic oxidation sites excluding steroid dienone is 1. The lowest BCUT2D eigenvalue weighted by atomic mass is 10.2. The largest absolute Gasteiger partial charge is 0.311 e. The summed E-state index contributed by atoms with van der Waals surface area (Å²) in [5.41, 5.74) is 0. The van der Waals surface area contributed by atoms with Gasteiger partial charge in [-0.15, -0.1) is 0 Å². The molecule has 1 rings (SSSR count). The third-order valence-corrected chi connectivity index (χ3v) is 1.66. The molecule has 2 heteroatoms. The van der Waals surface area contributed by atoms with Crippen molar-refractivity contribution < 1.29 is 4.79 Å². The number of carbonyl (C=O) groups is 1. The van der Waals surface area contributed by atoms with Gasteiger partial charge in [0, 0.05) is 6.04 Å². The van der Waals surface area contributed by atoms with Gasteiger partial charge in [0.1, 0.15) is 0 Å². The van der Waals surface area contributed by atoms with Crippen molar-refractivity contribution in [2.24, 2.45) is 0 Å². The zero-order chi connectivity index (χ0) is 9.40. The van der Waals surface area contributed by atoms with Crippen LogP contribution in [0.3, 0.4) is 0 Å². The first-order chi connectivity index (χ1) is 5.79. The highest BCUT2D eigenvalue weighted by Gasteiger charge is 2.09. The molecule has 1 saturated heterocycles. The minimum atomic E-state index is 0.133. The Labute approximate surface area is 75.0 Å². The van der Waals surface area contributed by atoms with Crippen molar-refractivity contribution in [1.29, 1.82) is 0 Å². The molecule has 0 saturated carbocycles. The van der Waals surface area contributed by atoms with Crippen LogP contribution in [0.4, 0.5) is 0 Å². The van der Waals surface area contributed by atoms with Crippen LogP contribution in [0.15, 0.2) is 12.2 Å². The van der Waals surface area contributed by atoms with Gasteiger partial charge in [-0.3, -0.25) is 4.79 Å². The van der Waals surface area contributed by atoms with Crippen LogP contribution in [0.1, 0.15) is 33.6 Å². The molecule has 0 aromatic rings. The minimum absolute atomic E-state index is 0.133. The molecule has 70 valence electrons. The van der Waals surface area contributed by atoms with Gasteiger partial charge in [-0.2, -0.15) is 0 Å². The molecule has 0 aromatic heterocycles. The molecule has 1 fully saturated rings. The van der Waals surface area contributed by atoms with Crippen molar-refractivity contribution in [2.45, 2.75) is 39.7 Å². The Hall–Kier alpha value is -0.630. The van der Waals surface area contributed by atoms with Crippen molar-refractivity contribution in [3.63, 3.8) is 0 Å². The summed E-state index contributed by atoms with van der Waals surface area (Å²) in [6.45, 7) is 6.67. The molecule has 1 aliphatic heterocycles. The van der Waals surface area contributed by atoms with Crippen LogP contribution in [0, 0.1) is 0 Å². The molecule has 0 radical (unpaired) electrons. The van der Waals surface area contributed by atoms with E-state index in [0.717, 1.165) is 6.54 Å². The van der Waals surface area contributed by atoms with Gasteiger partial charge in [0.25, 0.3) is 0 Å². The highest BCUT2D eigenvalue weighted by molar-refractivity contribution is 5.87. The monoisotopic (exact) mass is 169 g/mol. The maximum Gasteiger partial charge on any atom is 0.152 e. The maximum absolute atomic E-state index is 10.5. The lowest BCUT2D eigenvalue weighted by Gasteiger charge is -1.99. The highest BCUT2D eigenvalue weighted by Crippen LogP contribution is 2.05. The average Bonchev–Trinajstić information content (AvgIpc) is 2.56. The first-order valence-corrected chi connectivity index (χ1v) is 4.71. The molecule has 0 unspecified atom stereocenters. The Morgan fingerprint density at radius 1 is 1.50 bits per heavy atom. The van der Waals surface area contributed by atoms with E-state index in [1.54, 1.807) is 13.0 Å². The van der Waals surface area contributed by atoms with Crippen molar-refractivity contribution >= 4 is 5.78 Å². The fourth-order valence-electron chi connectivity index (χ4n) is 1.13. The minimum Gasteiger partial charge on any atom is -0.311 e. The molecule has 1 aliphatic rings. The van der Waals surface area contributed by atoms with Gasteiger partial charge in [-0.05, 0) is 32.4 Å². The second-order valence-corrected chi connectivity index (χ2v) is 2.67. The SMILES string of the molecule is CC.CC(=O)/C=C/[C@H]1CCCN1. The Morgan fingerprint density at radius 2 is 2.17 bits per heavy atom. The smallest absolute Gasteiger partial charge is 0.152 e. The van der Waals surface area contributed by atoms with E-state index in [9.17, 15) is 4.79 Å². The molecule has 1 heterocycles. The molecule has 0 aliphatic carbocycles. The number of hydrogen-bond acceptors (Lipinski definition) is 2. The fraction of sp³-hybridized carbons (Fsp3) is 0.700. The summed E-state index contributed by atoms with van der Waals surface area (Å²) in [7, 11) is 0. The van der Waals surface area contributed by atoms with Gasteiger partial charge >= 0.3 is 0 Å². The van der Waals surface area contributed by atoms with E-state index in [1.807, 2.05) is 19.9 Å². The molecule has 0 amide bonds. The highest BCUT2D eigenvalue weighted by atomic mass is 16.1. The third kappa shape index (κ3) is 5.08. The molecule has 0 spiro atoms. The zero-order valence-electron chi connectivity index (χ0n) is 8.26. The van der Waals surface area contributed by atoms with Crippen molar-refractivity contribution in [1.82, 2.24) is 5.32 Å². The van der Waals surface area contributed by atoms with Crippen molar-refractivity contribution in [3.05, 3.63) is 12.2 Å².